The number of anilines is 1. The van der Waals surface area contributed by atoms with Crippen LogP contribution in [-0.4, -0.2) is 39.0 Å². The minimum Gasteiger partial charge on any atom is -0.480 e. The van der Waals surface area contributed by atoms with Gasteiger partial charge in [0.05, 0.1) is 7.11 Å². The topological polar surface area (TPSA) is 117 Å². The molecule has 3 heterocycles. The van der Waals surface area contributed by atoms with E-state index >= 15 is 0 Å². The summed E-state index contributed by atoms with van der Waals surface area (Å²) in [7, 11) is 1.39. The first kappa shape index (κ1) is 22.8. The third-order valence-electron chi connectivity index (χ3n) is 4.87. The number of alkyl halides is 3. The second kappa shape index (κ2) is 8.89. The Morgan fingerprint density at radius 2 is 1.97 bits per heavy atom. The summed E-state index contributed by atoms with van der Waals surface area (Å²) in [6.45, 7) is 1.74. The van der Waals surface area contributed by atoms with Crippen LogP contribution < -0.4 is 20.5 Å². The largest absolute Gasteiger partial charge is 0.573 e. The Bertz CT molecular complexity index is 1370. The lowest BCUT2D eigenvalue weighted by molar-refractivity contribution is -0.274. The molecule has 0 saturated heterocycles. The maximum Gasteiger partial charge on any atom is 0.573 e. The van der Waals surface area contributed by atoms with Crippen molar-refractivity contribution in [2.24, 2.45) is 0 Å². The van der Waals surface area contributed by atoms with E-state index in [-0.39, 0.29) is 29.7 Å². The van der Waals surface area contributed by atoms with Crippen LogP contribution in [0.1, 0.15) is 21.6 Å². The Kier molecular flexibility index (Phi) is 5.97. The van der Waals surface area contributed by atoms with Gasteiger partial charge in [-0.05, 0) is 48.4 Å². The van der Waals surface area contributed by atoms with Gasteiger partial charge in [-0.25, -0.2) is 9.50 Å². The number of aromatic nitrogens is 4. The van der Waals surface area contributed by atoms with Crippen molar-refractivity contribution in [3.63, 3.8) is 0 Å². The molecular formula is C22H19F3N6O3. The summed E-state index contributed by atoms with van der Waals surface area (Å²) in [5, 5.41) is 6.71. The fourth-order valence-electron chi connectivity index (χ4n) is 3.39. The molecule has 0 fully saturated rings. The molecule has 0 radical (unpaired) electrons. The molecule has 4 aromatic rings. The zero-order chi connectivity index (χ0) is 24.5. The summed E-state index contributed by atoms with van der Waals surface area (Å²) in [6, 6.07) is 10.5. The minimum atomic E-state index is -4.81. The van der Waals surface area contributed by atoms with Crippen LogP contribution in [0.25, 0.3) is 16.8 Å². The predicted molar refractivity (Wildman–Crippen MR) is 116 cm³/mol. The summed E-state index contributed by atoms with van der Waals surface area (Å²) in [4.78, 5) is 21.5. The second-order valence-electron chi connectivity index (χ2n) is 7.24. The molecule has 12 heteroatoms. The van der Waals surface area contributed by atoms with E-state index in [1.165, 1.54) is 29.8 Å². The van der Waals surface area contributed by atoms with E-state index in [1.54, 1.807) is 37.4 Å². The Morgan fingerprint density at radius 3 is 2.71 bits per heavy atom. The number of nitrogens with zero attached hydrogens (tertiary/aromatic N) is 4. The first-order valence-corrected chi connectivity index (χ1v) is 9.94. The van der Waals surface area contributed by atoms with Crippen LogP contribution in [0.15, 0.2) is 48.7 Å². The fraction of sp³-hybridized carbons (Fsp3) is 0.182. The number of nitrogens with one attached hydrogen (secondary N) is 1. The predicted octanol–water partition coefficient (Wildman–Crippen LogP) is 3.52. The standard InChI is InChI=1S/C22H19F3N6O3/c1-12-16(14-6-7-31-18(9-14)29-21(26)30-31)10-17(20(28-12)33-2)19(32)27-11-13-4-3-5-15(8-13)34-22(23,24)25/h3-10H,11H2,1-2H3,(H2,26,30)(H,27,32). The van der Waals surface area contributed by atoms with E-state index in [1.807, 2.05) is 0 Å². The number of carbonyl (C=O) groups excluding carboxylic acids is 1. The van der Waals surface area contributed by atoms with Crippen molar-refractivity contribution in [3.8, 4) is 22.8 Å². The Hall–Kier alpha value is -4.35. The molecule has 0 saturated carbocycles. The highest BCUT2D eigenvalue weighted by atomic mass is 19.4. The number of pyridine rings is 2. The molecule has 1 amide bonds. The van der Waals surface area contributed by atoms with Crippen LogP contribution in [0.5, 0.6) is 11.6 Å². The normalized spacial score (nSPS) is 11.4. The van der Waals surface area contributed by atoms with Crippen molar-refractivity contribution in [3.05, 3.63) is 65.5 Å². The molecule has 176 valence electrons. The van der Waals surface area contributed by atoms with Gasteiger partial charge >= 0.3 is 6.36 Å². The zero-order valence-corrected chi connectivity index (χ0v) is 18.1. The molecule has 0 spiro atoms. The van der Waals surface area contributed by atoms with E-state index in [4.69, 9.17) is 10.5 Å². The molecule has 0 aliphatic carbocycles. The van der Waals surface area contributed by atoms with Crippen molar-refractivity contribution in [1.82, 2.24) is 24.9 Å². The lowest BCUT2D eigenvalue weighted by Crippen LogP contribution is -2.24. The van der Waals surface area contributed by atoms with Gasteiger partial charge in [-0.1, -0.05) is 12.1 Å². The quantitative estimate of drug-likeness (QED) is 0.441. The van der Waals surface area contributed by atoms with Crippen LogP contribution in [0.4, 0.5) is 19.1 Å². The highest BCUT2D eigenvalue weighted by Crippen LogP contribution is 2.29. The molecule has 0 bridgehead atoms. The number of hydrogen-bond donors (Lipinski definition) is 2. The van der Waals surface area contributed by atoms with Crippen molar-refractivity contribution in [1.29, 1.82) is 0 Å². The van der Waals surface area contributed by atoms with E-state index in [9.17, 15) is 18.0 Å². The maximum absolute atomic E-state index is 12.9. The van der Waals surface area contributed by atoms with Crippen LogP contribution in [0, 0.1) is 6.92 Å². The van der Waals surface area contributed by atoms with Crippen molar-refractivity contribution in [2.45, 2.75) is 19.8 Å². The first-order valence-electron chi connectivity index (χ1n) is 9.94. The Labute approximate surface area is 191 Å². The molecule has 4 rings (SSSR count). The smallest absolute Gasteiger partial charge is 0.480 e. The third-order valence-corrected chi connectivity index (χ3v) is 4.87. The van der Waals surface area contributed by atoms with Crippen molar-refractivity contribution < 1.29 is 27.4 Å². The van der Waals surface area contributed by atoms with Crippen LogP contribution >= 0.6 is 0 Å². The number of nitrogens with two attached hydrogens (primary N) is 1. The number of aryl methyl sites for hydroxylation is 1. The summed E-state index contributed by atoms with van der Waals surface area (Å²) in [5.41, 5.74) is 8.76. The molecule has 9 nitrogen and oxygen atoms in total. The van der Waals surface area contributed by atoms with E-state index in [0.717, 1.165) is 5.56 Å². The third kappa shape index (κ3) is 5.00. The molecule has 0 unspecified atom stereocenters. The molecular weight excluding hydrogens is 453 g/mol. The summed E-state index contributed by atoms with van der Waals surface area (Å²) < 4.78 is 48.1. The highest BCUT2D eigenvalue weighted by molar-refractivity contribution is 5.97. The van der Waals surface area contributed by atoms with Crippen molar-refractivity contribution >= 4 is 17.5 Å². The first-order chi connectivity index (χ1) is 16.1. The van der Waals surface area contributed by atoms with Gasteiger partial charge in [-0.2, -0.15) is 4.98 Å². The van der Waals surface area contributed by atoms with E-state index in [2.05, 4.69) is 25.1 Å². The van der Waals surface area contributed by atoms with Gasteiger partial charge in [-0.3, -0.25) is 4.79 Å². The average molecular weight is 472 g/mol. The molecule has 0 aliphatic rings. The van der Waals surface area contributed by atoms with E-state index in [0.29, 0.717) is 22.5 Å². The Balaban J connectivity index is 1.59. The lowest BCUT2D eigenvalue weighted by Gasteiger charge is -2.14. The van der Waals surface area contributed by atoms with E-state index < -0.39 is 12.3 Å². The lowest BCUT2D eigenvalue weighted by atomic mass is 10.0. The molecule has 34 heavy (non-hydrogen) atoms. The van der Waals surface area contributed by atoms with Gasteiger partial charge in [-0.15, -0.1) is 18.3 Å². The molecule has 0 aliphatic heterocycles. The Morgan fingerprint density at radius 1 is 1.18 bits per heavy atom. The number of benzene rings is 1. The number of rotatable bonds is 6. The number of fused-ring (bicyclic) bond motifs is 1. The van der Waals surface area contributed by atoms with Crippen LogP contribution in [0.3, 0.4) is 0 Å². The molecule has 3 aromatic heterocycles. The number of hydrogen-bond acceptors (Lipinski definition) is 7. The van der Waals surface area contributed by atoms with Crippen LogP contribution in [0.2, 0.25) is 0 Å². The van der Waals surface area contributed by atoms with Crippen LogP contribution in [-0.2, 0) is 6.54 Å². The van der Waals surface area contributed by atoms with Gasteiger partial charge in [0.25, 0.3) is 5.91 Å². The number of halogens is 3. The van der Waals surface area contributed by atoms with Crippen molar-refractivity contribution in [2.75, 3.05) is 12.8 Å². The fourth-order valence-corrected chi connectivity index (χ4v) is 3.39. The van der Waals surface area contributed by atoms with Gasteiger partial charge in [0.2, 0.25) is 11.8 Å². The zero-order valence-electron chi connectivity index (χ0n) is 18.1. The highest BCUT2D eigenvalue weighted by Gasteiger charge is 2.31. The molecule has 1 aromatic carbocycles. The van der Waals surface area contributed by atoms with Gasteiger partial charge in [0, 0.05) is 24.0 Å². The second-order valence-corrected chi connectivity index (χ2v) is 7.24. The minimum absolute atomic E-state index is 0.0365. The van der Waals surface area contributed by atoms with Gasteiger partial charge < -0.3 is 20.5 Å². The van der Waals surface area contributed by atoms with Gasteiger partial charge in [0.15, 0.2) is 5.65 Å². The number of ether oxygens (including phenoxy) is 2. The number of amides is 1. The average Bonchev–Trinajstić information content (AvgIpc) is 3.15. The summed E-state index contributed by atoms with van der Waals surface area (Å²) in [6.07, 6.45) is -3.12. The number of methoxy groups -OCH3 is 1. The number of carbonyl (C=O) groups is 1. The molecule has 0 atom stereocenters. The summed E-state index contributed by atoms with van der Waals surface area (Å²) >= 11 is 0. The summed E-state index contributed by atoms with van der Waals surface area (Å²) in [5.74, 6) is -0.645. The van der Waals surface area contributed by atoms with Gasteiger partial charge in [0.1, 0.15) is 11.3 Å². The molecule has 3 N–H and O–H groups in total. The monoisotopic (exact) mass is 472 g/mol. The number of nitrogen functional groups attached to an aromatic ring is 1. The SMILES string of the molecule is COc1nc(C)c(-c2ccn3nc(N)nc3c2)cc1C(=O)NCc1cccc(OC(F)(F)F)c1. The maximum atomic E-state index is 12.9.